The normalized spacial score (nSPS) is 11.6. The van der Waals surface area contributed by atoms with E-state index < -0.39 is 12.7 Å². The topological polar surface area (TPSA) is 21.3 Å². The molecule has 0 spiro atoms. The van der Waals surface area contributed by atoms with Gasteiger partial charge in [0.15, 0.2) is 0 Å². The van der Waals surface area contributed by atoms with Crippen molar-refractivity contribution in [3.05, 3.63) is 40.6 Å². The summed E-state index contributed by atoms with van der Waals surface area (Å²) < 4.78 is 41.4. The summed E-state index contributed by atoms with van der Waals surface area (Å²) in [6.07, 6.45) is -4.18. The Morgan fingerprint density at radius 1 is 1.15 bits per heavy atom. The first-order chi connectivity index (χ1) is 9.49. The molecule has 20 heavy (non-hydrogen) atoms. The monoisotopic (exact) mass is 301 g/mol. The number of hydrogen-bond acceptors (Lipinski definition) is 3. The maximum Gasteiger partial charge on any atom is 0.401 e. The summed E-state index contributed by atoms with van der Waals surface area (Å²) in [7, 11) is 1.59. The Morgan fingerprint density at radius 3 is 2.45 bits per heavy atom. The van der Waals surface area contributed by atoms with Gasteiger partial charge >= 0.3 is 6.18 Å². The molecule has 1 aromatic heterocycles. The van der Waals surface area contributed by atoms with Crippen molar-refractivity contribution in [3.63, 3.8) is 0 Å². The van der Waals surface area contributed by atoms with E-state index in [9.17, 15) is 13.2 Å². The van der Waals surface area contributed by atoms with Crippen LogP contribution in [0, 0.1) is 0 Å². The van der Waals surface area contributed by atoms with Gasteiger partial charge in [-0.3, -0.25) is 0 Å². The molecule has 2 nitrogen and oxygen atoms in total. The van der Waals surface area contributed by atoms with E-state index in [0.29, 0.717) is 0 Å². The molecule has 0 aliphatic heterocycles. The Hall–Kier alpha value is -1.53. The first kappa shape index (κ1) is 14.9. The number of nitrogens with one attached hydrogen (secondary N) is 1. The molecule has 0 radical (unpaired) electrons. The van der Waals surface area contributed by atoms with Crippen LogP contribution in [0.4, 0.5) is 13.2 Å². The molecular formula is C14H14F3NOS. The molecule has 0 atom stereocenters. The summed E-state index contributed by atoms with van der Waals surface area (Å²) in [4.78, 5) is 0. The fourth-order valence-corrected chi connectivity index (χ4v) is 2.69. The van der Waals surface area contributed by atoms with Crippen LogP contribution in [0.3, 0.4) is 0 Å². The first-order valence-corrected chi connectivity index (χ1v) is 6.91. The van der Waals surface area contributed by atoms with E-state index in [1.165, 1.54) is 11.3 Å². The van der Waals surface area contributed by atoms with Crippen LogP contribution >= 0.6 is 11.3 Å². The third-order valence-electron chi connectivity index (χ3n) is 2.78. The molecule has 2 aromatic rings. The zero-order valence-electron chi connectivity index (χ0n) is 10.8. The fraction of sp³-hybridized carbons (Fsp3) is 0.286. The van der Waals surface area contributed by atoms with E-state index in [-0.39, 0.29) is 6.54 Å². The van der Waals surface area contributed by atoms with E-state index in [0.717, 1.165) is 22.4 Å². The van der Waals surface area contributed by atoms with Crippen LogP contribution in [0.2, 0.25) is 0 Å². The molecular weight excluding hydrogens is 287 g/mol. The van der Waals surface area contributed by atoms with Crippen LogP contribution in [0.5, 0.6) is 5.75 Å². The SMILES string of the molecule is COc1ccc(-c2cscc2CNCC(F)(F)F)cc1. The molecule has 0 saturated carbocycles. The summed E-state index contributed by atoms with van der Waals surface area (Å²) in [5, 5.41) is 6.22. The summed E-state index contributed by atoms with van der Waals surface area (Å²) in [5.74, 6) is 0.751. The van der Waals surface area contributed by atoms with Gasteiger partial charge in [-0.25, -0.2) is 0 Å². The Bertz CT molecular complexity index is 548. The molecule has 0 fully saturated rings. The highest BCUT2D eigenvalue weighted by Crippen LogP contribution is 2.29. The second-order valence-electron chi connectivity index (χ2n) is 4.26. The molecule has 0 aliphatic carbocycles. The number of alkyl halides is 3. The average Bonchev–Trinajstić information content (AvgIpc) is 2.86. The van der Waals surface area contributed by atoms with Crippen LogP contribution in [0.1, 0.15) is 5.56 Å². The van der Waals surface area contributed by atoms with Gasteiger partial charge in [-0.15, -0.1) is 0 Å². The molecule has 0 aliphatic rings. The molecule has 108 valence electrons. The van der Waals surface area contributed by atoms with Gasteiger partial charge in [0.1, 0.15) is 5.75 Å². The minimum atomic E-state index is -4.18. The quantitative estimate of drug-likeness (QED) is 0.898. The van der Waals surface area contributed by atoms with Crippen molar-refractivity contribution in [1.29, 1.82) is 0 Å². The largest absolute Gasteiger partial charge is 0.497 e. The maximum atomic E-state index is 12.1. The zero-order valence-corrected chi connectivity index (χ0v) is 11.6. The van der Waals surface area contributed by atoms with Crippen molar-refractivity contribution in [3.8, 4) is 16.9 Å². The number of methoxy groups -OCH3 is 1. The van der Waals surface area contributed by atoms with Gasteiger partial charge in [0.05, 0.1) is 13.7 Å². The number of halogens is 3. The third kappa shape index (κ3) is 3.98. The lowest BCUT2D eigenvalue weighted by Crippen LogP contribution is -2.28. The number of hydrogen-bond donors (Lipinski definition) is 1. The summed E-state index contributed by atoms with van der Waals surface area (Å²) in [6.45, 7) is -0.782. The van der Waals surface area contributed by atoms with Crippen LogP contribution in [0.25, 0.3) is 11.1 Å². The minimum absolute atomic E-state index is 0.199. The van der Waals surface area contributed by atoms with E-state index in [1.807, 2.05) is 35.0 Å². The number of thiophene rings is 1. The Morgan fingerprint density at radius 2 is 1.85 bits per heavy atom. The Labute approximate surface area is 119 Å². The minimum Gasteiger partial charge on any atom is -0.497 e. The predicted octanol–water partition coefficient (Wildman–Crippen LogP) is 4.08. The molecule has 0 bridgehead atoms. The summed E-state index contributed by atoms with van der Waals surface area (Å²) >= 11 is 1.48. The van der Waals surface area contributed by atoms with Crippen molar-refractivity contribution in [2.24, 2.45) is 0 Å². The van der Waals surface area contributed by atoms with Crippen molar-refractivity contribution >= 4 is 11.3 Å². The van der Waals surface area contributed by atoms with E-state index >= 15 is 0 Å². The van der Waals surface area contributed by atoms with E-state index in [2.05, 4.69) is 5.32 Å². The fourth-order valence-electron chi connectivity index (χ4n) is 1.82. The number of rotatable bonds is 5. The molecule has 0 amide bonds. The molecule has 0 saturated heterocycles. The highest BCUT2D eigenvalue weighted by molar-refractivity contribution is 7.08. The maximum absolute atomic E-state index is 12.1. The predicted molar refractivity (Wildman–Crippen MR) is 74.1 cm³/mol. The lowest BCUT2D eigenvalue weighted by molar-refractivity contribution is -0.125. The van der Waals surface area contributed by atoms with Gasteiger partial charge in [0, 0.05) is 6.54 Å². The second-order valence-corrected chi connectivity index (χ2v) is 5.00. The Kier molecular flexibility index (Phi) is 4.67. The molecule has 2 rings (SSSR count). The van der Waals surface area contributed by atoms with Gasteiger partial charge in [-0.2, -0.15) is 24.5 Å². The van der Waals surface area contributed by atoms with Gasteiger partial charge in [0.25, 0.3) is 0 Å². The van der Waals surface area contributed by atoms with Gasteiger partial charge in [0.2, 0.25) is 0 Å². The molecule has 0 unspecified atom stereocenters. The molecule has 1 heterocycles. The lowest BCUT2D eigenvalue weighted by Gasteiger charge is -2.09. The first-order valence-electron chi connectivity index (χ1n) is 5.96. The summed E-state index contributed by atoms with van der Waals surface area (Å²) in [5.41, 5.74) is 2.78. The highest BCUT2D eigenvalue weighted by Gasteiger charge is 2.26. The van der Waals surface area contributed by atoms with E-state index in [4.69, 9.17) is 4.74 Å². The van der Waals surface area contributed by atoms with Crippen LogP contribution in [0.15, 0.2) is 35.0 Å². The molecule has 6 heteroatoms. The van der Waals surface area contributed by atoms with Crippen molar-refractivity contribution < 1.29 is 17.9 Å². The Balaban J connectivity index is 2.07. The highest BCUT2D eigenvalue weighted by atomic mass is 32.1. The van der Waals surface area contributed by atoms with Gasteiger partial charge < -0.3 is 10.1 Å². The molecule has 1 N–H and O–H groups in total. The van der Waals surface area contributed by atoms with E-state index in [1.54, 1.807) is 7.11 Å². The smallest absolute Gasteiger partial charge is 0.401 e. The van der Waals surface area contributed by atoms with Crippen LogP contribution in [-0.4, -0.2) is 19.8 Å². The standard InChI is InChI=1S/C14H14F3NOS/c1-19-12-4-2-10(3-5-12)13-8-20-7-11(13)6-18-9-14(15,16)17/h2-5,7-8,18H,6,9H2,1H3. The lowest BCUT2D eigenvalue weighted by atomic mass is 10.0. The average molecular weight is 301 g/mol. The van der Waals surface area contributed by atoms with Crippen molar-refractivity contribution in [2.75, 3.05) is 13.7 Å². The van der Waals surface area contributed by atoms with Crippen molar-refractivity contribution in [2.45, 2.75) is 12.7 Å². The van der Waals surface area contributed by atoms with Crippen molar-refractivity contribution in [1.82, 2.24) is 5.32 Å². The molecule has 1 aromatic carbocycles. The second kappa shape index (κ2) is 6.28. The number of ether oxygens (including phenoxy) is 1. The summed E-state index contributed by atoms with van der Waals surface area (Å²) in [6, 6.07) is 7.46. The zero-order chi connectivity index (χ0) is 14.6. The third-order valence-corrected chi connectivity index (χ3v) is 3.58. The van der Waals surface area contributed by atoms with Gasteiger partial charge in [-0.1, -0.05) is 12.1 Å². The van der Waals surface area contributed by atoms with Crippen LogP contribution < -0.4 is 10.1 Å². The number of benzene rings is 1. The van der Waals surface area contributed by atoms with Crippen LogP contribution in [-0.2, 0) is 6.54 Å². The van der Waals surface area contributed by atoms with Gasteiger partial charge in [-0.05, 0) is 39.6 Å².